The average Bonchev–Trinajstić information content (AvgIpc) is 3.59. The lowest BCUT2D eigenvalue weighted by Crippen LogP contribution is -2.32. The number of aryl methyl sites for hydroxylation is 1. The molecule has 1 aliphatic carbocycles. The molecule has 0 aromatic heterocycles. The molecule has 0 spiro atoms. The van der Waals surface area contributed by atoms with E-state index >= 15 is 0 Å². The van der Waals surface area contributed by atoms with E-state index in [0.29, 0.717) is 75.7 Å². The van der Waals surface area contributed by atoms with Gasteiger partial charge in [-0.15, -0.1) is 0 Å². The molecular weight excluding hydrogens is 648 g/mol. The number of methoxy groups -OCH3 is 1. The van der Waals surface area contributed by atoms with Crippen molar-refractivity contribution in [1.82, 2.24) is 10.4 Å². The lowest BCUT2D eigenvalue weighted by atomic mass is 9.93. The van der Waals surface area contributed by atoms with Crippen molar-refractivity contribution in [2.24, 2.45) is 0 Å². The number of rotatable bonds is 22. The SMILES string of the molecule is COCCCOCCNC(=O)CCCc1ccc2c(c1)C(COC(=O)ON1C(=O)CCC1=O)c1cccc(C(=O)CCCOC(C)CCO)c1-2. The third-order valence-corrected chi connectivity index (χ3v) is 8.63. The van der Waals surface area contributed by atoms with Gasteiger partial charge in [0.2, 0.25) is 5.91 Å². The number of Topliss-reactive ketones (excluding diaryl/α,β-unsaturated/α-hetero) is 1. The minimum Gasteiger partial charge on any atom is -0.432 e. The summed E-state index contributed by atoms with van der Waals surface area (Å²) in [5, 5.41) is 12.4. The molecule has 2 aliphatic rings. The molecule has 0 radical (unpaired) electrons. The zero-order chi connectivity index (χ0) is 35.9. The maximum absolute atomic E-state index is 13.5. The fourth-order valence-corrected chi connectivity index (χ4v) is 6.06. The van der Waals surface area contributed by atoms with Crippen LogP contribution in [0.3, 0.4) is 0 Å². The molecule has 2 N–H and O–H groups in total. The van der Waals surface area contributed by atoms with Gasteiger partial charge in [0.15, 0.2) is 5.78 Å². The van der Waals surface area contributed by atoms with Crippen LogP contribution in [0.15, 0.2) is 36.4 Å². The van der Waals surface area contributed by atoms with Gasteiger partial charge < -0.3 is 29.4 Å². The number of nitrogens with zero attached hydrogens (tertiary/aromatic N) is 1. The van der Waals surface area contributed by atoms with Gasteiger partial charge in [0.1, 0.15) is 6.61 Å². The van der Waals surface area contributed by atoms with E-state index < -0.39 is 23.9 Å². The number of hydrogen-bond acceptors (Lipinski definition) is 11. The molecule has 4 rings (SSSR count). The molecule has 50 heavy (non-hydrogen) atoms. The molecule has 272 valence electrons. The predicted molar refractivity (Wildman–Crippen MR) is 181 cm³/mol. The molecule has 2 unspecified atom stereocenters. The Morgan fingerprint density at radius 2 is 1.76 bits per heavy atom. The highest BCUT2D eigenvalue weighted by Gasteiger charge is 2.36. The number of hydroxylamine groups is 2. The second-order valence-corrected chi connectivity index (χ2v) is 12.4. The third-order valence-electron chi connectivity index (χ3n) is 8.63. The Morgan fingerprint density at radius 3 is 2.52 bits per heavy atom. The second kappa shape index (κ2) is 19.9. The van der Waals surface area contributed by atoms with Gasteiger partial charge in [-0.05, 0) is 66.8 Å². The van der Waals surface area contributed by atoms with Crippen molar-refractivity contribution < 1.29 is 52.9 Å². The van der Waals surface area contributed by atoms with Gasteiger partial charge in [-0.2, -0.15) is 0 Å². The Labute approximate surface area is 292 Å². The predicted octanol–water partition coefficient (Wildman–Crippen LogP) is 4.26. The summed E-state index contributed by atoms with van der Waals surface area (Å²) >= 11 is 0. The first kappa shape index (κ1) is 38.6. The maximum Gasteiger partial charge on any atom is 0.533 e. The van der Waals surface area contributed by atoms with Crippen LogP contribution in [0.5, 0.6) is 0 Å². The van der Waals surface area contributed by atoms with Crippen molar-refractivity contribution in [2.45, 2.75) is 76.7 Å². The number of ketones is 1. The first-order valence-corrected chi connectivity index (χ1v) is 17.3. The standard InChI is InChI=1S/C37H48N2O11/c1-25(16-18-40)48-21-5-10-32(41)29-9-4-8-27-31(24-49-37(45)50-39-34(43)14-15-35(39)44)30-23-26(12-13-28(30)36(27)29)7-3-11-33(42)38-17-22-47-20-6-19-46-2/h4,8-9,12-13,23,25,31,40H,3,5-7,10-11,14-22,24H2,1-2H3,(H,38,42). The fraction of sp³-hybridized carbons (Fsp3) is 0.541. The average molecular weight is 697 g/mol. The minimum absolute atomic E-state index is 0.0335. The first-order chi connectivity index (χ1) is 24.2. The van der Waals surface area contributed by atoms with Crippen molar-refractivity contribution in [2.75, 3.05) is 53.3 Å². The van der Waals surface area contributed by atoms with Gasteiger partial charge in [-0.1, -0.05) is 41.5 Å². The van der Waals surface area contributed by atoms with Crippen LogP contribution in [0.1, 0.15) is 91.3 Å². The zero-order valence-electron chi connectivity index (χ0n) is 28.9. The molecule has 2 atom stereocenters. The highest BCUT2D eigenvalue weighted by Crippen LogP contribution is 2.47. The number of ether oxygens (including phenoxy) is 4. The quantitative estimate of drug-likeness (QED) is 0.0782. The lowest BCUT2D eigenvalue weighted by Gasteiger charge is -2.17. The van der Waals surface area contributed by atoms with Crippen LogP contribution in [0.25, 0.3) is 11.1 Å². The van der Waals surface area contributed by atoms with Crippen LogP contribution < -0.4 is 5.32 Å². The van der Waals surface area contributed by atoms with Gasteiger partial charge in [0, 0.05) is 77.2 Å². The first-order valence-electron chi connectivity index (χ1n) is 17.3. The van der Waals surface area contributed by atoms with E-state index in [2.05, 4.69) is 5.32 Å². The van der Waals surface area contributed by atoms with Crippen LogP contribution in [-0.2, 0) is 44.6 Å². The van der Waals surface area contributed by atoms with E-state index in [1.54, 1.807) is 19.2 Å². The maximum atomic E-state index is 13.5. The fourth-order valence-electron chi connectivity index (χ4n) is 6.06. The Hall–Kier alpha value is -4.17. The Morgan fingerprint density at radius 1 is 0.960 bits per heavy atom. The number of benzene rings is 2. The number of aliphatic hydroxyl groups excluding tert-OH is 1. The summed E-state index contributed by atoms with van der Waals surface area (Å²) < 4.78 is 21.6. The normalized spacial score (nSPS) is 15.5. The molecule has 1 saturated heterocycles. The van der Waals surface area contributed by atoms with Gasteiger partial charge in [0.05, 0.1) is 12.7 Å². The summed E-state index contributed by atoms with van der Waals surface area (Å²) in [6.07, 6.45) is 2.35. The van der Waals surface area contributed by atoms with Crippen LogP contribution in [-0.4, -0.2) is 99.2 Å². The van der Waals surface area contributed by atoms with E-state index in [1.807, 2.05) is 31.2 Å². The molecule has 0 saturated carbocycles. The minimum atomic E-state index is -1.17. The Bertz CT molecular complexity index is 1480. The zero-order valence-corrected chi connectivity index (χ0v) is 28.9. The Balaban J connectivity index is 1.43. The van der Waals surface area contributed by atoms with Crippen molar-refractivity contribution in [3.63, 3.8) is 0 Å². The lowest BCUT2D eigenvalue weighted by molar-refractivity contribution is -0.177. The van der Waals surface area contributed by atoms with Crippen LogP contribution in [0.4, 0.5) is 4.79 Å². The molecule has 2 aromatic rings. The smallest absolute Gasteiger partial charge is 0.432 e. The van der Waals surface area contributed by atoms with Crippen molar-refractivity contribution >= 4 is 29.7 Å². The number of hydrogen-bond donors (Lipinski definition) is 2. The van der Waals surface area contributed by atoms with E-state index in [1.165, 1.54) is 0 Å². The van der Waals surface area contributed by atoms with Crippen LogP contribution in [0, 0.1) is 0 Å². The van der Waals surface area contributed by atoms with Crippen LogP contribution >= 0.6 is 0 Å². The molecule has 1 heterocycles. The monoisotopic (exact) mass is 696 g/mol. The molecule has 13 heteroatoms. The molecule has 1 aliphatic heterocycles. The van der Waals surface area contributed by atoms with Crippen molar-refractivity contribution in [3.05, 3.63) is 58.7 Å². The molecular formula is C37H48N2O11. The topological polar surface area (TPSA) is 167 Å². The van der Waals surface area contributed by atoms with Gasteiger partial charge in [0.25, 0.3) is 11.8 Å². The number of carbonyl (C=O) groups is 5. The van der Waals surface area contributed by atoms with E-state index in [-0.39, 0.29) is 50.3 Å². The summed E-state index contributed by atoms with van der Waals surface area (Å²) in [6, 6.07) is 11.4. The summed E-state index contributed by atoms with van der Waals surface area (Å²) in [7, 11) is 1.64. The summed E-state index contributed by atoms with van der Waals surface area (Å²) in [6.45, 7) is 4.24. The molecule has 0 bridgehead atoms. The number of fused-ring (bicyclic) bond motifs is 3. The second-order valence-electron chi connectivity index (χ2n) is 12.4. The number of nitrogens with one attached hydrogen (secondary N) is 1. The van der Waals surface area contributed by atoms with Gasteiger partial charge in [-0.3, -0.25) is 24.0 Å². The highest BCUT2D eigenvalue weighted by atomic mass is 16.8. The van der Waals surface area contributed by atoms with E-state index in [0.717, 1.165) is 34.2 Å². The molecule has 13 nitrogen and oxygen atoms in total. The van der Waals surface area contributed by atoms with E-state index in [9.17, 15) is 24.0 Å². The number of carbonyl (C=O) groups excluding carboxylic acids is 5. The number of imide groups is 1. The number of aliphatic hydroxyl groups is 1. The van der Waals surface area contributed by atoms with Crippen molar-refractivity contribution in [3.8, 4) is 11.1 Å². The van der Waals surface area contributed by atoms with Crippen LogP contribution in [0.2, 0.25) is 0 Å². The molecule has 3 amide bonds. The summed E-state index contributed by atoms with van der Waals surface area (Å²) in [4.78, 5) is 67.3. The van der Waals surface area contributed by atoms with E-state index in [4.69, 9.17) is 28.9 Å². The summed E-state index contributed by atoms with van der Waals surface area (Å²) in [5.74, 6) is -1.77. The van der Waals surface area contributed by atoms with Gasteiger partial charge >= 0.3 is 6.16 Å². The molecule has 1 fully saturated rings. The summed E-state index contributed by atoms with van der Waals surface area (Å²) in [5.41, 5.74) is 4.81. The highest BCUT2D eigenvalue weighted by molar-refractivity contribution is 6.05. The Kier molecular flexibility index (Phi) is 15.4. The number of amides is 3. The third kappa shape index (κ3) is 10.9. The largest absolute Gasteiger partial charge is 0.533 e. The van der Waals surface area contributed by atoms with Crippen molar-refractivity contribution in [1.29, 1.82) is 0 Å². The van der Waals surface area contributed by atoms with Gasteiger partial charge in [-0.25, -0.2) is 4.79 Å². The molecule has 2 aromatic carbocycles.